The molecule has 0 heterocycles. The quantitative estimate of drug-likeness (QED) is 0.598. The van der Waals surface area contributed by atoms with E-state index in [1.165, 1.54) is 35.3 Å². The van der Waals surface area contributed by atoms with Crippen LogP contribution in [0.4, 0.5) is 0 Å². The van der Waals surface area contributed by atoms with Crippen molar-refractivity contribution in [2.45, 2.75) is 55.9 Å². The van der Waals surface area contributed by atoms with Crippen LogP contribution in [-0.4, -0.2) is 22.4 Å². The zero-order chi connectivity index (χ0) is 14.6. The Balaban J connectivity index is 1.70. The van der Waals surface area contributed by atoms with Crippen molar-refractivity contribution in [2.75, 3.05) is 5.75 Å². The Labute approximate surface area is 124 Å². The van der Waals surface area contributed by atoms with E-state index in [4.69, 9.17) is 10.8 Å². The number of aliphatic carboxylic acids is 1. The number of rotatable bonds is 7. The summed E-state index contributed by atoms with van der Waals surface area (Å²) in [6.45, 7) is 1.59. The van der Waals surface area contributed by atoms with E-state index in [0.717, 1.165) is 18.6 Å². The van der Waals surface area contributed by atoms with Crippen molar-refractivity contribution in [1.82, 2.24) is 0 Å². The number of benzene rings is 1. The standard InChI is InChI=1S/C16H23NO2S/c1-16(17,15(18)19)9-2-3-10-20-14-8-7-12-5-4-6-13(12)11-14/h7-8,11H,2-6,9-10,17H2,1H3,(H,18,19). The van der Waals surface area contributed by atoms with E-state index in [1.807, 2.05) is 11.8 Å². The number of carboxylic acids is 1. The SMILES string of the molecule is CC(N)(CCCCSc1ccc2c(c1)CCC2)C(=O)O. The molecule has 0 saturated carbocycles. The normalized spacial score (nSPS) is 16.7. The Bertz CT molecular complexity index is 485. The lowest BCUT2D eigenvalue weighted by molar-refractivity contribution is -0.142. The summed E-state index contributed by atoms with van der Waals surface area (Å²) in [5, 5.41) is 8.94. The lowest BCUT2D eigenvalue weighted by Crippen LogP contribution is -2.44. The fraction of sp³-hybridized carbons (Fsp3) is 0.562. The van der Waals surface area contributed by atoms with Gasteiger partial charge in [0.15, 0.2) is 0 Å². The van der Waals surface area contributed by atoms with Gasteiger partial charge in [0, 0.05) is 4.90 Å². The predicted octanol–water partition coefficient (Wildman–Crippen LogP) is 3.24. The van der Waals surface area contributed by atoms with Gasteiger partial charge in [0.25, 0.3) is 0 Å². The van der Waals surface area contributed by atoms with Crippen molar-refractivity contribution in [3.63, 3.8) is 0 Å². The van der Waals surface area contributed by atoms with Crippen molar-refractivity contribution in [1.29, 1.82) is 0 Å². The highest BCUT2D eigenvalue weighted by Gasteiger charge is 2.26. The van der Waals surface area contributed by atoms with Gasteiger partial charge >= 0.3 is 5.97 Å². The second-order valence-corrected chi connectivity index (χ2v) is 6.98. The molecule has 110 valence electrons. The van der Waals surface area contributed by atoms with Crippen LogP contribution in [0.3, 0.4) is 0 Å². The van der Waals surface area contributed by atoms with Crippen LogP contribution in [0.1, 0.15) is 43.7 Å². The third kappa shape index (κ3) is 4.00. The molecule has 0 radical (unpaired) electrons. The molecule has 0 spiro atoms. The molecule has 3 N–H and O–H groups in total. The Morgan fingerprint density at radius 1 is 1.35 bits per heavy atom. The topological polar surface area (TPSA) is 63.3 Å². The Kier molecular flexibility index (Phi) is 5.11. The Morgan fingerprint density at radius 2 is 2.10 bits per heavy atom. The second-order valence-electron chi connectivity index (χ2n) is 5.81. The van der Waals surface area contributed by atoms with E-state index < -0.39 is 11.5 Å². The van der Waals surface area contributed by atoms with E-state index in [1.54, 1.807) is 6.92 Å². The van der Waals surface area contributed by atoms with E-state index >= 15 is 0 Å². The van der Waals surface area contributed by atoms with Gasteiger partial charge in [0.1, 0.15) is 5.54 Å². The number of hydrogen-bond donors (Lipinski definition) is 2. The number of unbranched alkanes of at least 4 members (excludes halogenated alkanes) is 1. The van der Waals surface area contributed by atoms with Crippen molar-refractivity contribution in [3.05, 3.63) is 29.3 Å². The van der Waals surface area contributed by atoms with Gasteiger partial charge < -0.3 is 10.8 Å². The minimum atomic E-state index is -1.09. The van der Waals surface area contributed by atoms with Crippen LogP contribution in [0, 0.1) is 0 Å². The van der Waals surface area contributed by atoms with E-state index in [-0.39, 0.29) is 0 Å². The Hall–Kier alpha value is -1.00. The van der Waals surface area contributed by atoms with Crippen LogP contribution in [0.5, 0.6) is 0 Å². The molecule has 0 amide bonds. The fourth-order valence-electron chi connectivity index (χ4n) is 2.53. The van der Waals surface area contributed by atoms with Crippen LogP contribution in [0.15, 0.2) is 23.1 Å². The number of fused-ring (bicyclic) bond motifs is 1. The van der Waals surface area contributed by atoms with Crippen molar-refractivity contribution in [2.24, 2.45) is 5.73 Å². The lowest BCUT2D eigenvalue weighted by Gasteiger charge is -2.18. The molecular formula is C16H23NO2S. The fourth-order valence-corrected chi connectivity index (χ4v) is 3.50. The first-order valence-corrected chi connectivity index (χ1v) is 8.24. The van der Waals surface area contributed by atoms with E-state index in [9.17, 15) is 4.79 Å². The van der Waals surface area contributed by atoms with Gasteiger partial charge in [-0.25, -0.2) is 0 Å². The largest absolute Gasteiger partial charge is 0.480 e. The zero-order valence-electron chi connectivity index (χ0n) is 12.0. The molecule has 1 atom stereocenters. The summed E-state index contributed by atoms with van der Waals surface area (Å²) in [7, 11) is 0. The number of nitrogens with two attached hydrogens (primary N) is 1. The van der Waals surface area contributed by atoms with Crippen molar-refractivity contribution in [3.8, 4) is 0 Å². The molecule has 1 aromatic rings. The van der Waals surface area contributed by atoms with Gasteiger partial charge in [-0.3, -0.25) is 4.79 Å². The molecule has 20 heavy (non-hydrogen) atoms. The first kappa shape index (κ1) is 15.4. The molecule has 1 aliphatic rings. The van der Waals surface area contributed by atoms with Gasteiger partial charge in [-0.2, -0.15) is 0 Å². The first-order chi connectivity index (χ1) is 9.49. The van der Waals surface area contributed by atoms with Gasteiger partial charge in [0.05, 0.1) is 0 Å². The molecule has 4 heteroatoms. The average molecular weight is 293 g/mol. The molecule has 2 rings (SSSR count). The molecule has 3 nitrogen and oxygen atoms in total. The summed E-state index contributed by atoms with van der Waals surface area (Å²) < 4.78 is 0. The third-order valence-corrected chi connectivity index (χ3v) is 5.00. The molecule has 1 unspecified atom stereocenters. The third-order valence-electron chi connectivity index (χ3n) is 3.92. The summed E-state index contributed by atoms with van der Waals surface area (Å²) >= 11 is 1.86. The minimum absolute atomic E-state index is 0.535. The van der Waals surface area contributed by atoms with E-state index in [2.05, 4.69) is 18.2 Å². The maximum atomic E-state index is 10.9. The smallest absolute Gasteiger partial charge is 0.323 e. The van der Waals surface area contributed by atoms with Crippen LogP contribution in [0.25, 0.3) is 0 Å². The van der Waals surface area contributed by atoms with Gasteiger partial charge in [0.2, 0.25) is 0 Å². The number of carbonyl (C=O) groups is 1. The molecule has 1 aliphatic carbocycles. The number of hydrogen-bond acceptors (Lipinski definition) is 3. The van der Waals surface area contributed by atoms with Crippen molar-refractivity contribution >= 4 is 17.7 Å². The molecular weight excluding hydrogens is 270 g/mol. The summed E-state index contributed by atoms with van der Waals surface area (Å²) in [6.07, 6.45) is 6.12. The highest BCUT2D eigenvalue weighted by atomic mass is 32.2. The zero-order valence-corrected chi connectivity index (χ0v) is 12.8. The molecule has 1 aromatic carbocycles. The van der Waals surface area contributed by atoms with Gasteiger partial charge in [-0.15, -0.1) is 11.8 Å². The summed E-state index contributed by atoms with van der Waals surface area (Å²) in [4.78, 5) is 12.2. The molecule has 0 saturated heterocycles. The summed E-state index contributed by atoms with van der Waals surface area (Å²) in [5.41, 5.74) is 7.64. The predicted molar refractivity (Wildman–Crippen MR) is 83.3 cm³/mol. The Morgan fingerprint density at radius 3 is 2.85 bits per heavy atom. The van der Waals surface area contributed by atoms with Crippen LogP contribution in [0.2, 0.25) is 0 Å². The van der Waals surface area contributed by atoms with Gasteiger partial charge in [-0.05, 0) is 68.0 Å². The van der Waals surface area contributed by atoms with Crippen LogP contribution >= 0.6 is 11.8 Å². The minimum Gasteiger partial charge on any atom is -0.480 e. The first-order valence-electron chi connectivity index (χ1n) is 7.26. The van der Waals surface area contributed by atoms with Crippen molar-refractivity contribution < 1.29 is 9.90 Å². The molecule has 0 aliphatic heterocycles. The number of aryl methyl sites for hydroxylation is 2. The van der Waals surface area contributed by atoms with E-state index in [0.29, 0.717) is 6.42 Å². The van der Waals surface area contributed by atoms with Crippen LogP contribution in [-0.2, 0) is 17.6 Å². The summed E-state index contributed by atoms with van der Waals surface area (Å²) in [6, 6.07) is 6.78. The maximum absolute atomic E-state index is 10.9. The molecule has 0 aromatic heterocycles. The highest BCUT2D eigenvalue weighted by molar-refractivity contribution is 7.99. The van der Waals surface area contributed by atoms with Crippen LogP contribution < -0.4 is 5.73 Å². The highest BCUT2D eigenvalue weighted by Crippen LogP contribution is 2.28. The summed E-state index contributed by atoms with van der Waals surface area (Å²) in [5.74, 6) is 0.109. The maximum Gasteiger partial charge on any atom is 0.323 e. The van der Waals surface area contributed by atoms with Gasteiger partial charge in [-0.1, -0.05) is 12.5 Å². The second kappa shape index (κ2) is 6.64. The lowest BCUT2D eigenvalue weighted by atomic mass is 9.97. The molecule has 0 fully saturated rings. The molecule has 0 bridgehead atoms. The average Bonchev–Trinajstić information content (AvgIpc) is 2.85. The monoisotopic (exact) mass is 293 g/mol. The number of carboxylic acid groups (broad SMARTS) is 1. The number of thioether (sulfide) groups is 1.